The molecule has 0 fully saturated rings. The highest BCUT2D eigenvalue weighted by atomic mass is 16.5. The van der Waals surface area contributed by atoms with E-state index in [-0.39, 0.29) is 6.61 Å². The zero-order chi connectivity index (χ0) is 74.6. The lowest BCUT2D eigenvalue weighted by molar-refractivity contribution is 0.281. The maximum atomic E-state index is 9.45. The molecule has 0 spiro atoms. The van der Waals surface area contributed by atoms with Crippen LogP contribution in [0.1, 0.15) is 226 Å². The number of rotatable bonds is 30. The molecule has 0 bridgehead atoms. The van der Waals surface area contributed by atoms with E-state index in [9.17, 15) is 5.11 Å². The minimum Gasteiger partial charge on any atom is -0.493 e. The van der Waals surface area contributed by atoms with Crippen LogP contribution >= 0.6 is 0 Å². The number of benzene rings is 8. The van der Waals surface area contributed by atoms with E-state index in [1.807, 2.05) is 89.2 Å². The Bertz CT molecular complexity index is 4870. The van der Waals surface area contributed by atoms with Crippen molar-refractivity contribution in [2.75, 3.05) is 19.8 Å². The van der Waals surface area contributed by atoms with Gasteiger partial charge in [-0.2, -0.15) is 0 Å². The highest BCUT2D eigenvalue weighted by Gasteiger charge is 2.21. The quantitative estimate of drug-likeness (QED) is 0.0344. The molecule has 0 saturated carbocycles. The summed E-state index contributed by atoms with van der Waals surface area (Å²) in [5.41, 5.74) is 19.8. The topological polar surface area (TPSA) is 119 Å². The molecule has 0 unspecified atom stereocenters. The molecule has 0 aliphatic carbocycles. The van der Waals surface area contributed by atoms with E-state index < -0.39 is 0 Å². The summed E-state index contributed by atoms with van der Waals surface area (Å²) in [6, 6.07) is 33.4. The normalized spacial score (nSPS) is 11.4. The zero-order valence-corrected chi connectivity index (χ0v) is 65.7. The van der Waals surface area contributed by atoms with Gasteiger partial charge in [0.1, 0.15) is 85.6 Å². The first-order valence-electron chi connectivity index (χ1n) is 38.7. The largest absolute Gasteiger partial charge is 0.493 e. The smallest absolute Gasteiger partial charge is 0.146 e. The molecule has 12 rings (SSSR count). The van der Waals surface area contributed by atoms with Crippen LogP contribution in [0.4, 0.5) is 0 Å². The molecule has 4 heterocycles. The number of furan rings is 4. The molecule has 0 radical (unpaired) electrons. The fraction of sp³-hybridized carbons (Fsp3) is 0.447. The van der Waals surface area contributed by atoms with Gasteiger partial charge in [-0.15, -0.1) is 0 Å². The monoisotopic (exact) mass is 1400 g/mol. The van der Waals surface area contributed by atoms with E-state index in [2.05, 4.69) is 137 Å². The number of aliphatic hydroxyl groups is 1. The third-order valence-electron chi connectivity index (χ3n) is 20.6. The van der Waals surface area contributed by atoms with Crippen molar-refractivity contribution in [2.45, 2.75) is 240 Å². The van der Waals surface area contributed by atoms with Crippen LogP contribution in [0.25, 0.3) is 87.8 Å². The molecule has 12 aromatic rings. The molecule has 104 heavy (non-hydrogen) atoms. The summed E-state index contributed by atoms with van der Waals surface area (Å²) in [6.45, 7) is 38.5. The summed E-state index contributed by atoms with van der Waals surface area (Å²) in [6.07, 6.45) is 32.5. The van der Waals surface area contributed by atoms with Gasteiger partial charge >= 0.3 is 0 Å². The summed E-state index contributed by atoms with van der Waals surface area (Å²) in [4.78, 5) is 0. The number of hydrogen-bond acceptors (Lipinski definition) is 10. The number of hydrogen-bond donors (Lipinski definition) is 1. The standard InChI is InChI=1S/C28H40O.C23H26O3.C22H24O3.C21H26O3/c1-5-7-9-11-13-15-23-17-19-25-26-20-18-24(16-14-12-10-8-6-2)22(4)28(26)29-27(25)21(23)3;1-6-13-24-20-11-9-18-19-10-12-21(25-14-7-8-15(2)3)17(5)23(19)26-22(18)16(20)4;1-6-23-19-11-9-17-18-10-12-20(24-13-7-8-14(2)3)16(5)22(18)25-21(17)15(19)4;1-13(2)6-5-11-23-19-10-9-18-17-8-7-16(12-22)14(3)20(17)24-21(18)15(19)4/h17-20H,5-16H2,1-4H3;9-12,15H,7-8,14H2,1-5H3;1,9-12,14H,7-8,13H2,2-5H3;7-10,13,22H,5-6,11-12H2,1-4H3. The lowest BCUT2D eigenvalue weighted by atomic mass is 9.97. The molecule has 552 valence electrons. The second-order valence-electron chi connectivity index (χ2n) is 29.7. The molecule has 8 aromatic carbocycles. The van der Waals surface area contributed by atoms with Gasteiger partial charge in [0, 0.05) is 77.8 Å². The SMILES string of the molecule is C#COc1ccc2c(oc3c(C)c(OCCCC(C)C)ccc32)c1C.CC#COc1ccc2c(oc3c(C)c(OCCCC(C)C)ccc32)c1C.CCCCCCCc1ccc2c(oc3c(C)c(CCCCCCC)ccc32)c1C.Cc1c(CO)ccc2c1oc1c(C)c(OCCCC(C)C)ccc12. The Hall–Kier alpha value is -8.96. The number of terminal acetylenes is 1. The van der Waals surface area contributed by atoms with Gasteiger partial charge in [0.15, 0.2) is 0 Å². The van der Waals surface area contributed by atoms with Gasteiger partial charge in [0.05, 0.1) is 26.4 Å². The van der Waals surface area contributed by atoms with E-state index in [0.29, 0.717) is 23.5 Å². The van der Waals surface area contributed by atoms with Gasteiger partial charge < -0.3 is 46.5 Å². The summed E-state index contributed by atoms with van der Waals surface area (Å²) in [5.74, 6) is 8.90. The second kappa shape index (κ2) is 38.2. The predicted molar refractivity (Wildman–Crippen MR) is 436 cm³/mol. The van der Waals surface area contributed by atoms with Gasteiger partial charge in [0.2, 0.25) is 0 Å². The maximum absolute atomic E-state index is 9.45. The van der Waals surface area contributed by atoms with Crippen molar-refractivity contribution < 1.29 is 46.5 Å². The Morgan fingerprint density at radius 3 is 0.904 bits per heavy atom. The first kappa shape index (κ1) is 79.2. The molecule has 0 aliphatic heterocycles. The summed E-state index contributed by atoms with van der Waals surface area (Å²) < 4.78 is 53.6. The van der Waals surface area contributed by atoms with Crippen LogP contribution in [0.2, 0.25) is 0 Å². The minimum absolute atomic E-state index is 0.0298. The molecule has 10 nitrogen and oxygen atoms in total. The van der Waals surface area contributed by atoms with Gasteiger partial charge in [0.25, 0.3) is 0 Å². The van der Waals surface area contributed by atoms with Crippen molar-refractivity contribution in [3.05, 3.63) is 158 Å². The van der Waals surface area contributed by atoms with Crippen LogP contribution in [0.3, 0.4) is 0 Å². The van der Waals surface area contributed by atoms with Crippen molar-refractivity contribution in [3.63, 3.8) is 0 Å². The van der Waals surface area contributed by atoms with Crippen molar-refractivity contribution >= 4 is 87.8 Å². The third-order valence-corrected chi connectivity index (χ3v) is 20.6. The molecule has 10 heteroatoms. The van der Waals surface area contributed by atoms with Crippen LogP contribution in [-0.4, -0.2) is 24.9 Å². The molecule has 0 amide bonds. The van der Waals surface area contributed by atoms with E-state index >= 15 is 0 Å². The average Bonchev–Trinajstić information content (AvgIpc) is 1.63. The molecular formula is C94H116O10. The number of unbranched alkanes of at least 4 members (excludes halogenated alkanes) is 8. The van der Waals surface area contributed by atoms with Crippen molar-refractivity contribution in [3.8, 4) is 53.3 Å². The fourth-order valence-electron chi connectivity index (χ4n) is 14.2. The molecule has 1 N–H and O–H groups in total. The van der Waals surface area contributed by atoms with Crippen LogP contribution in [0, 0.1) is 97.7 Å². The Balaban J connectivity index is 0.000000161. The summed E-state index contributed by atoms with van der Waals surface area (Å²) in [5, 5.41) is 18.5. The fourth-order valence-corrected chi connectivity index (χ4v) is 14.2. The van der Waals surface area contributed by atoms with Crippen molar-refractivity contribution in [2.24, 2.45) is 17.8 Å². The molecule has 0 aliphatic rings. The lowest BCUT2D eigenvalue weighted by Gasteiger charge is -2.10. The highest BCUT2D eigenvalue weighted by molar-refractivity contribution is 6.10. The van der Waals surface area contributed by atoms with Crippen molar-refractivity contribution in [1.82, 2.24) is 0 Å². The van der Waals surface area contributed by atoms with Gasteiger partial charge in [-0.3, -0.25) is 0 Å². The summed E-state index contributed by atoms with van der Waals surface area (Å²) in [7, 11) is 0. The summed E-state index contributed by atoms with van der Waals surface area (Å²) >= 11 is 0. The Morgan fingerprint density at radius 2 is 0.606 bits per heavy atom. The lowest BCUT2D eigenvalue weighted by Crippen LogP contribution is -2.00. The number of aliphatic hydroxyl groups excluding tert-OH is 1. The predicted octanol–water partition coefficient (Wildman–Crippen LogP) is 27.1. The first-order valence-corrected chi connectivity index (χ1v) is 38.7. The number of ether oxygens (including phenoxy) is 5. The van der Waals surface area contributed by atoms with E-state index in [1.54, 1.807) is 6.92 Å². The number of aryl methyl sites for hydroxylation is 10. The van der Waals surface area contributed by atoms with E-state index in [1.165, 1.54) is 129 Å². The van der Waals surface area contributed by atoms with Gasteiger partial charge in [-0.1, -0.05) is 155 Å². The van der Waals surface area contributed by atoms with Crippen LogP contribution in [-0.2, 0) is 19.4 Å². The second-order valence-corrected chi connectivity index (χ2v) is 29.7. The zero-order valence-electron chi connectivity index (χ0n) is 65.7. The molecular weight excluding hydrogens is 1290 g/mol. The van der Waals surface area contributed by atoms with Crippen LogP contribution in [0.15, 0.2) is 115 Å². The van der Waals surface area contributed by atoms with Crippen LogP contribution < -0.4 is 23.7 Å². The first-order chi connectivity index (χ1) is 50.2. The third kappa shape index (κ3) is 19.1. The Kier molecular flexibility index (Phi) is 29.1. The van der Waals surface area contributed by atoms with Gasteiger partial charge in [-0.05, 0) is 231 Å². The van der Waals surface area contributed by atoms with E-state index in [4.69, 9.17) is 47.8 Å². The molecule has 0 atom stereocenters. The maximum Gasteiger partial charge on any atom is 0.146 e. The van der Waals surface area contributed by atoms with Crippen molar-refractivity contribution in [1.29, 1.82) is 0 Å². The Labute approximate surface area is 619 Å². The van der Waals surface area contributed by atoms with Crippen LogP contribution in [0.5, 0.6) is 28.7 Å². The molecule has 4 aromatic heterocycles. The van der Waals surface area contributed by atoms with E-state index in [0.717, 1.165) is 178 Å². The molecule has 0 saturated heterocycles. The highest BCUT2D eigenvalue weighted by Crippen LogP contribution is 2.43. The number of fused-ring (bicyclic) bond motifs is 12. The van der Waals surface area contributed by atoms with Gasteiger partial charge in [-0.25, -0.2) is 0 Å². The average molecular weight is 1410 g/mol. The minimum atomic E-state index is 0.0298. The Morgan fingerprint density at radius 1 is 0.337 bits per heavy atom.